The zero-order valence-corrected chi connectivity index (χ0v) is 12.2. The maximum Gasteiger partial charge on any atom is 0.266 e. The molecule has 4 aromatic rings. The van der Waals surface area contributed by atoms with E-state index in [9.17, 15) is 4.79 Å². The van der Waals surface area contributed by atoms with E-state index in [-0.39, 0.29) is 5.56 Å². The first kappa shape index (κ1) is 12.3. The molecule has 0 saturated heterocycles. The highest BCUT2D eigenvalue weighted by Gasteiger charge is 2.15. The molecule has 0 saturated carbocycles. The van der Waals surface area contributed by atoms with Crippen LogP contribution in [0.4, 0.5) is 0 Å². The van der Waals surface area contributed by atoms with Crippen molar-refractivity contribution >= 4 is 27.2 Å². The zero-order valence-electron chi connectivity index (χ0n) is 11.4. The molecule has 0 amide bonds. The Morgan fingerprint density at radius 1 is 1.00 bits per heavy atom. The average Bonchev–Trinajstić information content (AvgIpc) is 2.85. The number of para-hydroxylation sites is 1. The molecular formula is C17H12N2OS. The lowest BCUT2D eigenvalue weighted by atomic mass is 10.1. The summed E-state index contributed by atoms with van der Waals surface area (Å²) in [5, 5.41) is 0.657. The van der Waals surface area contributed by atoms with Gasteiger partial charge in [0.05, 0.1) is 16.6 Å². The molecule has 0 unspecified atom stereocenters. The van der Waals surface area contributed by atoms with Gasteiger partial charge in [-0.05, 0) is 24.6 Å². The quantitative estimate of drug-likeness (QED) is 0.533. The van der Waals surface area contributed by atoms with E-state index in [1.165, 1.54) is 0 Å². The monoisotopic (exact) mass is 292 g/mol. The van der Waals surface area contributed by atoms with Gasteiger partial charge in [-0.3, -0.25) is 9.20 Å². The summed E-state index contributed by atoms with van der Waals surface area (Å²) >= 11 is 1.55. The summed E-state index contributed by atoms with van der Waals surface area (Å²) in [6.07, 6.45) is 0. The Balaban J connectivity index is 2.20. The lowest BCUT2D eigenvalue weighted by Gasteiger charge is -2.04. The molecule has 0 radical (unpaired) electrons. The molecule has 0 bridgehead atoms. The minimum absolute atomic E-state index is 0.00111. The number of benzene rings is 2. The molecule has 2 heterocycles. The third-order valence-corrected chi connectivity index (χ3v) is 4.55. The van der Waals surface area contributed by atoms with Crippen LogP contribution in [0, 0.1) is 6.92 Å². The molecular weight excluding hydrogens is 280 g/mol. The Labute approximate surface area is 125 Å². The molecule has 4 rings (SSSR count). The number of hydrogen-bond donors (Lipinski definition) is 0. The molecule has 0 N–H and O–H groups in total. The van der Waals surface area contributed by atoms with Crippen LogP contribution in [0.1, 0.15) is 4.88 Å². The fourth-order valence-corrected chi connectivity index (χ4v) is 3.64. The van der Waals surface area contributed by atoms with Gasteiger partial charge in [0.15, 0.2) is 4.96 Å². The van der Waals surface area contributed by atoms with E-state index in [1.807, 2.05) is 61.5 Å². The molecule has 2 aromatic heterocycles. The highest BCUT2D eigenvalue weighted by molar-refractivity contribution is 7.17. The summed E-state index contributed by atoms with van der Waals surface area (Å²) in [4.78, 5) is 19.3. The third-order valence-electron chi connectivity index (χ3n) is 3.59. The fraction of sp³-hybridized carbons (Fsp3) is 0.0588. The first-order chi connectivity index (χ1) is 10.3. The normalized spacial score (nSPS) is 11.3. The first-order valence-corrected chi connectivity index (χ1v) is 7.53. The van der Waals surface area contributed by atoms with Gasteiger partial charge in [-0.25, -0.2) is 4.98 Å². The Morgan fingerprint density at radius 3 is 2.52 bits per heavy atom. The van der Waals surface area contributed by atoms with Crippen LogP contribution in [0.3, 0.4) is 0 Å². The van der Waals surface area contributed by atoms with Gasteiger partial charge in [0.1, 0.15) is 0 Å². The van der Waals surface area contributed by atoms with Crippen LogP contribution in [-0.2, 0) is 0 Å². The molecule has 0 fully saturated rings. The van der Waals surface area contributed by atoms with Crippen molar-refractivity contribution in [1.29, 1.82) is 0 Å². The van der Waals surface area contributed by atoms with Gasteiger partial charge in [-0.1, -0.05) is 42.5 Å². The molecule has 2 aromatic carbocycles. The molecule has 0 atom stereocenters. The molecule has 3 nitrogen and oxygen atoms in total. The van der Waals surface area contributed by atoms with Crippen molar-refractivity contribution < 1.29 is 0 Å². The van der Waals surface area contributed by atoms with Crippen LogP contribution in [0.15, 0.2) is 59.4 Å². The van der Waals surface area contributed by atoms with E-state index in [0.717, 1.165) is 26.6 Å². The average molecular weight is 292 g/mol. The number of nitrogens with zero attached hydrogens (tertiary/aromatic N) is 2. The van der Waals surface area contributed by atoms with Crippen molar-refractivity contribution in [2.24, 2.45) is 0 Å². The molecule has 102 valence electrons. The van der Waals surface area contributed by atoms with Gasteiger partial charge >= 0.3 is 0 Å². The second-order valence-electron chi connectivity index (χ2n) is 4.92. The number of aryl methyl sites for hydroxylation is 1. The number of fused-ring (bicyclic) bond motifs is 2. The van der Waals surface area contributed by atoms with Crippen molar-refractivity contribution in [3.8, 4) is 11.3 Å². The van der Waals surface area contributed by atoms with E-state index in [4.69, 9.17) is 0 Å². The van der Waals surface area contributed by atoms with Crippen molar-refractivity contribution in [1.82, 2.24) is 9.38 Å². The fourth-order valence-electron chi connectivity index (χ4n) is 2.65. The summed E-state index contributed by atoms with van der Waals surface area (Å²) < 4.78 is 1.73. The largest absolute Gasteiger partial charge is 0.268 e. The highest BCUT2D eigenvalue weighted by atomic mass is 32.1. The summed E-state index contributed by atoms with van der Waals surface area (Å²) in [6.45, 7) is 2.03. The minimum Gasteiger partial charge on any atom is -0.268 e. The minimum atomic E-state index is -0.00111. The highest BCUT2D eigenvalue weighted by Crippen LogP contribution is 2.29. The first-order valence-electron chi connectivity index (χ1n) is 6.72. The molecule has 21 heavy (non-hydrogen) atoms. The van der Waals surface area contributed by atoms with Crippen LogP contribution >= 0.6 is 11.3 Å². The molecule has 0 aliphatic carbocycles. The number of hydrogen-bond acceptors (Lipinski definition) is 3. The van der Waals surface area contributed by atoms with E-state index in [2.05, 4.69) is 4.98 Å². The van der Waals surface area contributed by atoms with Gasteiger partial charge < -0.3 is 0 Å². The SMILES string of the molecule is Cc1sc2nc3ccccc3c(=O)n2c1-c1ccccc1. The van der Waals surface area contributed by atoms with Crippen molar-refractivity contribution in [2.45, 2.75) is 6.92 Å². The van der Waals surface area contributed by atoms with Gasteiger partial charge in [0.2, 0.25) is 0 Å². The Morgan fingerprint density at radius 2 is 1.71 bits per heavy atom. The van der Waals surface area contributed by atoms with Crippen LogP contribution < -0.4 is 5.56 Å². The van der Waals surface area contributed by atoms with E-state index >= 15 is 0 Å². The Kier molecular flexibility index (Phi) is 2.65. The van der Waals surface area contributed by atoms with E-state index in [1.54, 1.807) is 15.7 Å². The topological polar surface area (TPSA) is 34.4 Å². The number of rotatable bonds is 1. The van der Waals surface area contributed by atoms with Crippen molar-refractivity contribution in [3.63, 3.8) is 0 Å². The summed E-state index contributed by atoms with van der Waals surface area (Å²) in [5.74, 6) is 0. The number of thiazole rings is 1. The van der Waals surface area contributed by atoms with Crippen molar-refractivity contribution in [2.75, 3.05) is 0 Å². The molecule has 4 heteroatoms. The molecule has 0 aliphatic heterocycles. The third kappa shape index (κ3) is 1.80. The molecule has 0 spiro atoms. The summed E-state index contributed by atoms with van der Waals surface area (Å²) in [6, 6.07) is 17.5. The second kappa shape index (κ2) is 4.53. The van der Waals surface area contributed by atoms with E-state index < -0.39 is 0 Å². The van der Waals surface area contributed by atoms with E-state index in [0.29, 0.717) is 5.39 Å². The smallest absolute Gasteiger partial charge is 0.266 e. The number of aromatic nitrogens is 2. The van der Waals surface area contributed by atoms with Crippen LogP contribution in [0.2, 0.25) is 0 Å². The van der Waals surface area contributed by atoms with Gasteiger partial charge in [-0.15, -0.1) is 11.3 Å². The Hall–Kier alpha value is -2.46. The standard InChI is InChI=1S/C17H12N2OS/c1-11-15(12-7-3-2-4-8-12)19-16(20)13-9-5-6-10-14(13)18-17(19)21-11/h2-10H,1H3. The van der Waals surface area contributed by atoms with Crippen LogP contribution in [0.5, 0.6) is 0 Å². The van der Waals surface area contributed by atoms with Gasteiger partial charge in [0, 0.05) is 4.88 Å². The van der Waals surface area contributed by atoms with Gasteiger partial charge in [-0.2, -0.15) is 0 Å². The van der Waals surface area contributed by atoms with Crippen LogP contribution in [0.25, 0.3) is 27.1 Å². The summed E-state index contributed by atoms with van der Waals surface area (Å²) in [7, 11) is 0. The van der Waals surface area contributed by atoms with Gasteiger partial charge in [0.25, 0.3) is 5.56 Å². The second-order valence-corrected chi connectivity index (χ2v) is 6.11. The lowest BCUT2D eigenvalue weighted by molar-refractivity contribution is 1.11. The molecule has 0 aliphatic rings. The predicted molar refractivity (Wildman–Crippen MR) is 87.0 cm³/mol. The Bertz CT molecular complexity index is 1020. The van der Waals surface area contributed by atoms with Crippen LogP contribution in [-0.4, -0.2) is 9.38 Å². The predicted octanol–water partition coefficient (Wildman–Crippen LogP) is 3.88. The van der Waals surface area contributed by atoms with Crippen molar-refractivity contribution in [3.05, 3.63) is 69.8 Å². The zero-order chi connectivity index (χ0) is 14.4. The maximum absolute atomic E-state index is 12.8. The lowest BCUT2D eigenvalue weighted by Crippen LogP contribution is -2.14. The maximum atomic E-state index is 12.8. The summed E-state index contributed by atoms with van der Waals surface area (Å²) in [5.41, 5.74) is 2.74.